The lowest BCUT2D eigenvalue weighted by atomic mass is 10.5. The van der Waals surface area contributed by atoms with Gasteiger partial charge in [-0.05, 0) is 31.7 Å². The molecule has 0 aliphatic carbocycles. The summed E-state index contributed by atoms with van der Waals surface area (Å²) in [4.78, 5) is 0. The predicted molar refractivity (Wildman–Crippen MR) is 70.5 cm³/mol. The van der Waals surface area contributed by atoms with E-state index >= 15 is 0 Å². The average Bonchev–Trinajstić information content (AvgIpc) is 2.53. The maximum atomic E-state index is 12.0. The molecule has 0 bridgehead atoms. The zero-order valence-electron chi connectivity index (χ0n) is 9.94. The van der Waals surface area contributed by atoms with E-state index in [1.165, 1.54) is 0 Å². The summed E-state index contributed by atoms with van der Waals surface area (Å²) in [7, 11) is -3.01. The molecule has 0 atom stereocenters. The molecule has 0 aromatic heterocycles. The van der Waals surface area contributed by atoms with Crippen molar-refractivity contribution in [3.8, 4) is 0 Å². The van der Waals surface area contributed by atoms with Gasteiger partial charge >= 0.3 is 0 Å². The van der Waals surface area contributed by atoms with Crippen LogP contribution in [0.5, 0.6) is 0 Å². The summed E-state index contributed by atoms with van der Waals surface area (Å²) < 4.78 is 25.6. The molecule has 1 fully saturated rings. The second-order valence-corrected chi connectivity index (χ2v) is 7.20. The Labute approximate surface area is 103 Å². The smallest absolute Gasteiger partial charge is 0.214 e. The Hall–Kier alpha value is 0.220. The Morgan fingerprint density at radius 2 is 2.12 bits per heavy atom. The third kappa shape index (κ3) is 5.03. The highest BCUT2D eigenvalue weighted by Crippen LogP contribution is 2.13. The lowest BCUT2D eigenvalue weighted by molar-refractivity contribution is 0.433. The number of rotatable bonds is 6. The first-order valence-corrected chi connectivity index (χ1v) is 8.69. The first-order valence-electron chi connectivity index (χ1n) is 5.93. The van der Waals surface area contributed by atoms with Crippen LogP contribution in [0, 0.1) is 0 Å². The minimum Gasteiger partial charge on any atom is -0.317 e. The first-order chi connectivity index (χ1) is 7.67. The normalized spacial score (nSPS) is 19.6. The van der Waals surface area contributed by atoms with E-state index in [0.717, 1.165) is 31.0 Å². The summed E-state index contributed by atoms with van der Waals surface area (Å²) in [6.07, 6.45) is 1.69. The molecule has 1 heterocycles. The third-order valence-electron chi connectivity index (χ3n) is 2.58. The molecule has 0 aromatic rings. The van der Waals surface area contributed by atoms with Crippen molar-refractivity contribution in [3.63, 3.8) is 0 Å². The Kier molecular flexibility index (Phi) is 6.72. The van der Waals surface area contributed by atoms with Gasteiger partial charge in [-0.1, -0.05) is 6.92 Å². The highest BCUT2D eigenvalue weighted by Gasteiger charge is 2.22. The zero-order valence-corrected chi connectivity index (χ0v) is 11.6. The minimum absolute atomic E-state index is 0.282. The van der Waals surface area contributed by atoms with E-state index in [4.69, 9.17) is 0 Å². The predicted octanol–water partition coefficient (Wildman–Crippen LogP) is 0.755. The number of nitrogens with zero attached hydrogens (tertiary/aromatic N) is 1. The van der Waals surface area contributed by atoms with Gasteiger partial charge in [0.25, 0.3) is 0 Å². The first kappa shape index (κ1) is 14.3. The molecule has 0 spiro atoms. The Bertz CT molecular complexity index is 273. The van der Waals surface area contributed by atoms with Gasteiger partial charge in [0.05, 0.1) is 5.75 Å². The molecule has 0 amide bonds. The van der Waals surface area contributed by atoms with E-state index in [1.54, 1.807) is 4.31 Å². The molecule has 0 unspecified atom stereocenters. The molecule has 6 heteroatoms. The van der Waals surface area contributed by atoms with Crippen molar-refractivity contribution in [2.24, 2.45) is 0 Å². The zero-order chi connectivity index (χ0) is 11.9. The highest BCUT2D eigenvalue weighted by atomic mass is 32.2. The van der Waals surface area contributed by atoms with Gasteiger partial charge in [0.2, 0.25) is 10.0 Å². The number of hydrogen-bond acceptors (Lipinski definition) is 4. The number of sulfonamides is 1. The van der Waals surface area contributed by atoms with Crippen LogP contribution in [-0.2, 0) is 10.0 Å². The van der Waals surface area contributed by atoms with Gasteiger partial charge in [-0.25, -0.2) is 12.7 Å². The monoisotopic (exact) mass is 266 g/mol. The Morgan fingerprint density at radius 1 is 1.31 bits per heavy atom. The van der Waals surface area contributed by atoms with Crippen LogP contribution in [0.3, 0.4) is 0 Å². The topological polar surface area (TPSA) is 49.4 Å². The van der Waals surface area contributed by atoms with E-state index in [9.17, 15) is 8.42 Å². The quantitative estimate of drug-likeness (QED) is 0.721. The molecule has 0 saturated carbocycles. The van der Waals surface area contributed by atoms with Crippen LogP contribution in [0.4, 0.5) is 0 Å². The highest BCUT2D eigenvalue weighted by molar-refractivity contribution is 7.99. The van der Waals surface area contributed by atoms with Gasteiger partial charge < -0.3 is 5.32 Å². The van der Waals surface area contributed by atoms with Crippen molar-refractivity contribution in [2.75, 3.05) is 43.4 Å². The standard InChI is InChI=1S/C10H22N2O2S2/c1-2-11-5-3-10-16(13,14)12-6-4-8-15-9-7-12/h11H,2-10H2,1H3. The Balaban J connectivity index is 2.36. The van der Waals surface area contributed by atoms with Gasteiger partial charge in [0, 0.05) is 18.8 Å². The lowest BCUT2D eigenvalue weighted by Gasteiger charge is -2.19. The second-order valence-electron chi connectivity index (χ2n) is 3.89. The van der Waals surface area contributed by atoms with Gasteiger partial charge in [-0.3, -0.25) is 0 Å². The van der Waals surface area contributed by atoms with Crippen molar-refractivity contribution >= 4 is 21.8 Å². The number of thioether (sulfide) groups is 1. The van der Waals surface area contributed by atoms with E-state index in [0.29, 0.717) is 19.5 Å². The van der Waals surface area contributed by atoms with E-state index < -0.39 is 10.0 Å². The fraction of sp³-hybridized carbons (Fsp3) is 1.00. The van der Waals surface area contributed by atoms with Crippen LogP contribution in [0.15, 0.2) is 0 Å². The fourth-order valence-corrected chi connectivity index (χ4v) is 4.23. The van der Waals surface area contributed by atoms with Crippen LogP contribution in [0.1, 0.15) is 19.8 Å². The van der Waals surface area contributed by atoms with Gasteiger partial charge in [-0.2, -0.15) is 11.8 Å². The van der Waals surface area contributed by atoms with Crippen molar-refractivity contribution < 1.29 is 8.42 Å². The molecule has 16 heavy (non-hydrogen) atoms. The van der Waals surface area contributed by atoms with E-state index in [2.05, 4.69) is 5.32 Å². The SMILES string of the molecule is CCNCCCS(=O)(=O)N1CCCSCC1. The summed E-state index contributed by atoms with van der Waals surface area (Å²) in [5.74, 6) is 2.31. The molecule has 96 valence electrons. The molecule has 1 rings (SSSR count). The minimum atomic E-state index is -3.01. The molecular weight excluding hydrogens is 244 g/mol. The van der Waals surface area contributed by atoms with Gasteiger partial charge in [0.1, 0.15) is 0 Å². The summed E-state index contributed by atoms with van der Waals surface area (Å²) in [5.41, 5.74) is 0. The van der Waals surface area contributed by atoms with Gasteiger partial charge in [0.15, 0.2) is 0 Å². The molecule has 4 nitrogen and oxygen atoms in total. The largest absolute Gasteiger partial charge is 0.317 e. The van der Waals surface area contributed by atoms with Crippen LogP contribution in [0.25, 0.3) is 0 Å². The lowest BCUT2D eigenvalue weighted by Crippen LogP contribution is -2.35. The maximum absolute atomic E-state index is 12.0. The molecule has 0 radical (unpaired) electrons. The van der Waals surface area contributed by atoms with Gasteiger partial charge in [-0.15, -0.1) is 0 Å². The van der Waals surface area contributed by atoms with Crippen molar-refractivity contribution in [1.29, 1.82) is 0 Å². The van der Waals surface area contributed by atoms with Crippen molar-refractivity contribution in [1.82, 2.24) is 9.62 Å². The summed E-state index contributed by atoms with van der Waals surface area (Å²) >= 11 is 1.85. The summed E-state index contributed by atoms with van der Waals surface area (Å²) in [6, 6.07) is 0. The van der Waals surface area contributed by atoms with E-state index in [1.807, 2.05) is 18.7 Å². The Morgan fingerprint density at radius 3 is 2.88 bits per heavy atom. The molecule has 0 aromatic carbocycles. The molecule has 1 aliphatic rings. The molecular formula is C10H22N2O2S2. The third-order valence-corrected chi connectivity index (χ3v) is 5.59. The van der Waals surface area contributed by atoms with Crippen LogP contribution in [0.2, 0.25) is 0 Å². The molecule has 1 N–H and O–H groups in total. The molecule has 1 saturated heterocycles. The van der Waals surface area contributed by atoms with Crippen molar-refractivity contribution in [3.05, 3.63) is 0 Å². The molecule has 1 aliphatic heterocycles. The van der Waals surface area contributed by atoms with Crippen molar-refractivity contribution in [2.45, 2.75) is 19.8 Å². The van der Waals surface area contributed by atoms with Crippen LogP contribution >= 0.6 is 11.8 Å². The van der Waals surface area contributed by atoms with Crippen LogP contribution in [-0.4, -0.2) is 56.2 Å². The summed E-state index contributed by atoms with van der Waals surface area (Å²) in [5, 5.41) is 3.15. The average molecular weight is 266 g/mol. The fourth-order valence-electron chi connectivity index (χ4n) is 1.69. The van der Waals surface area contributed by atoms with Crippen LogP contribution < -0.4 is 5.32 Å². The maximum Gasteiger partial charge on any atom is 0.214 e. The number of hydrogen-bond donors (Lipinski definition) is 1. The summed E-state index contributed by atoms with van der Waals surface area (Å²) in [6.45, 7) is 5.12. The number of nitrogens with one attached hydrogen (secondary N) is 1. The second kappa shape index (κ2) is 7.53. The van der Waals surface area contributed by atoms with E-state index in [-0.39, 0.29) is 5.75 Å².